The lowest BCUT2D eigenvalue weighted by Crippen LogP contribution is -2.25. The molecule has 0 saturated carbocycles. The Morgan fingerprint density at radius 2 is 2.04 bits per heavy atom. The van der Waals surface area contributed by atoms with Crippen molar-refractivity contribution in [1.29, 1.82) is 0 Å². The Kier molecular flexibility index (Phi) is 5.36. The van der Waals surface area contributed by atoms with Crippen LogP contribution in [0.3, 0.4) is 0 Å². The Bertz CT molecular complexity index is 888. The summed E-state index contributed by atoms with van der Waals surface area (Å²) < 4.78 is 1.82. The highest BCUT2D eigenvalue weighted by Gasteiger charge is 2.14. The smallest absolute Gasteiger partial charge is 0.274 e. The van der Waals surface area contributed by atoms with Crippen LogP contribution in [0.2, 0.25) is 5.02 Å². The number of hydrogen-bond acceptors (Lipinski definition) is 3. The second kappa shape index (κ2) is 7.68. The lowest BCUT2D eigenvalue weighted by molar-refractivity contribution is 0.102. The number of benzene rings is 1. The Morgan fingerprint density at radius 3 is 2.80 bits per heavy atom. The van der Waals surface area contributed by atoms with E-state index in [9.17, 15) is 4.79 Å². The highest BCUT2D eigenvalue weighted by molar-refractivity contribution is 6.33. The summed E-state index contributed by atoms with van der Waals surface area (Å²) in [5.41, 5.74) is 2.95. The van der Waals surface area contributed by atoms with Crippen LogP contribution in [0.25, 0.3) is 5.65 Å². The molecule has 5 nitrogen and oxygen atoms in total. The SMILES string of the molecule is CC(C)NCCc1ccc2ncc(C(=O)Nc3ccccc3Cl)n2c1. The second-order valence-corrected chi connectivity index (χ2v) is 6.61. The number of imidazole rings is 1. The molecule has 3 rings (SSSR count). The van der Waals surface area contributed by atoms with E-state index in [1.807, 2.05) is 34.9 Å². The zero-order chi connectivity index (χ0) is 17.8. The number of hydrogen-bond donors (Lipinski definition) is 2. The number of amides is 1. The van der Waals surface area contributed by atoms with Crippen LogP contribution in [0.5, 0.6) is 0 Å². The van der Waals surface area contributed by atoms with Crippen molar-refractivity contribution in [3.8, 4) is 0 Å². The minimum absolute atomic E-state index is 0.238. The molecule has 130 valence electrons. The van der Waals surface area contributed by atoms with Gasteiger partial charge in [-0.15, -0.1) is 0 Å². The first-order chi connectivity index (χ1) is 12.0. The van der Waals surface area contributed by atoms with Crippen LogP contribution in [0.15, 0.2) is 48.8 Å². The number of anilines is 1. The summed E-state index contributed by atoms with van der Waals surface area (Å²) in [6.07, 6.45) is 4.43. The van der Waals surface area contributed by atoms with E-state index in [1.165, 1.54) is 0 Å². The van der Waals surface area contributed by atoms with E-state index in [2.05, 4.69) is 29.5 Å². The number of carbonyl (C=O) groups is 1. The average molecular weight is 357 g/mol. The summed E-state index contributed by atoms with van der Waals surface area (Å²) in [7, 11) is 0. The molecule has 3 aromatic rings. The monoisotopic (exact) mass is 356 g/mol. The zero-order valence-corrected chi connectivity index (χ0v) is 15.0. The van der Waals surface area contributed by atoms with Crippen LogP contribution in [0.1, 0.15) is 29.9 Å². The van der Waals surface area contributed by atoms with E-state index in [0.717, 1.165) is 24.2 Å². The number of nitrogens with zero attached hydrogens (tertiary/aromatic N) is 2. The van der Waals surface area contributed by atoms with Gasteiger partial charge in [-0.3, -0.25) is 9.20 Å². The molecule has 6 heteroatoms. The number of fused-ring (bicyclic) bond motifs is 1. The first kappa shape index (κ1) is 17.5. The van der Waals surface area contributed by atoms with E-state index in [-0.39, 0.29) is 5.91 Å². The maximum Gasteiger partial charge on any atom is 0.274 e. The highest BCUT2D eigenvalue weighted by Crippen LogP contribution is 2.21. The van der Waals surface area contributed by atoms with Gasteiger partial charge in [0.2, 0.25) is 0 Å². The van der Waals surface area contributed by atoms with Crippen LogP contribution in [0.4, 0.5) is 5.69 Å². The van der Waals surface area contributed by atoms with Crippen molar-refractivity contribution in [1.82, 2.24) is 14.7 Å². The predicted octanol–water partition coefficient (Wildman–Crippen LogP) is 3.78. The molecule has 0 aliphatic rings. The van der Waals surface area contributed by atoms with E-state index in [1.54, 1.807) is 18.3 Å². The summed E-state index contributed by atoms with van der Waals surface area (Å²) in [6.45, 7) is 5.13. The van der Waals surface area contributed by atoms with E-state index < -0.39 is 0 Å². The summed E-state index contributed by atoms with van der Waals surface area (Å²) in [4.78, 5) is 16.9. The van der Waals surface area contributed by atoms with Crippen molar-refractivity contribution >= 4 is 28.8 Å². The molecule has 25 heavy (non-hydrogen) atoms. The van der Waals surface area contributed by atoms with Gasteiger partial charge in [0.1, 0.15) is 11.3 Å². The van der Waals surface area contributed by atoms with Crippen molar-refractivity contribution in [3.05, 3.63) is 65.1 Å². The molecule has 2 aromatic heterocycles. The van der Waals surface area contributed by atoms with E-state index in [4.69, 9.17) is 11.6 Å². The van der Waals surface area contributed by atoms with Gasteiger partial charge in [-0.1, -0.05) is 43.6 Å². The molecule has 0 unspecified atom stereocenters. The number of rotatable bonds is 6. The molecule has 0 aliphatic heterocycles. The maximum atomic E-state index is 12.6. The van der Waals surface area contributed by atoms with Gasteiger partial charge in [0.05, 0.1) is 16.9 Å². The predicted molar refractivity (Wildman–Crippen MR) is 101 cm³/mol. The molecular formula is C19H21ClN4O. The van der Waals surface area contributed by atoms with Gasteiger partial charge >= 0.3 is 0 Å². The first-order valence-electron chi connectivity index (χ1n) is 8.30. The first-order valence-corrected chi connectivity index (χ1v) is 8.67. The lowest BCUT2D eigenvalue weighted by atomic mass is 10.2. The minimum atomic E-state index is -0.238. The maximum absolute atomic E-state index is 12.6. The van der Waals surface area contributed by atoms with Crippen LogP contribution in [-0.4, -0.2) is 27.9 Å². The van der Waals surface area contributed by atoms with Crippen LogP contribution in [-0.2, 0) is 6.42 Å². The Hall–Kier alpha value is -2.37. The number of aromatic nitrogens is 2. The van der Waals surface area contributed by atoms with Gasteiger partial charge in [-0.25, -0.2) is 4.98 Å². The molecule has 1 amide bonds. The van der Waals surface area contributed by atoms with Crippen LogP contribution >= 0.6 is 11.6 Å². The highest BCUT2D eigenvalue weighted by atomic mass is 35.5. The van der Waals surface area contributed by atoms with Crippen molar-refractivity contribution in [2.45, 2.75) is 26.3 Å². The molecule has 0 saturated heterocycles. The molecular weight excluding hydrogens is 336 g/mol. The summed E-state index contributed by atoms with van der Waals surface area (Å²) in [6, 6.07) is 11.6. The number of carbonyl (C=O) groups excluding carboxylic acids is 1. The fourth-order valence-corrected chi connectivity index (χ4v) is 2.78. The molecule has 2 N–H and O–H groups in total. The minimum Gasteiger partial charge on any atom is -0.319 e. The van der Waals surface area contributed by atoms with Gasteiger partial charge < -0.3 is 10.6 Å². The summed E-state index contributed by atoms with van der Waals surface area (Å²) in [5, 5.41) is 6.74. The molecule has 2 heterocycles. The molecule has 0 fully saturated rings. The molecule has 1 aromatic carbocycles. The van der Waals surface area contributed by atoms with Gasteiger partial charge in [0, 0.05) is 12.2 Å². The van der Waals surface area contributed by atoms with E-state index in [0.29, 0.717) is 22.4 Å². The summed E-state index contributed by atoms with van der Waals surface area (Å²) >= 11 is 6.11. The second-order valence-electron chi connectivity index (χ2n) is 6.20. The largest absolute Gasteiger partial charge is 0.319 e. The van der Waals surface area contributed by atoms with Crippen molar-refractivity contribution in [2.75, 3.05) is 11.9 Å². The quantitative estimate of drug-likeness (QED) is 0.706. The normalized spacial score (nSPS) is 11.2. The van der Waals surface area contributed by atoms with Gasteiger partial charge in [-0.2, -0.15) is 0 Å². The molecule has 0 bridgehead atoms. The summed E-state index contributed by atoms with van der Waals surface area (Å²) in [5.74, 6) is -0.238. The number of halogens is 1. The third-order valence-electron chi connectivity index (χ3n) is 3.89. The molecule has 0 radical (unpaired) electrons. The topological polar surface area (TPSA) is 58.4 Å². The fraction of sp³-hybridized carbons (Fsp3) is 0.263. The van der Waals surface area contributed by atoms with Crippen LogP contribution in [0, 0.1) is 0 Å². The number of pyridine rings is 1. The van der Waals surface area contributed by atoms with Gasteiger partial charge in [0.25, 0.3) is 5.91 Å². The van der Waals surface area contributed by atoms with Gasteiger partial charge in [-0.05, 0) is 36.7 Å². The molecule has 0 spiro atoms. The van der Waals surface area contributed by atoms with Crippen molar-refractivity contribution in [2.24, 2.45) is 0 Å². The molecule has 0 atom stereocenters. The van der Waals surface area contributed by atoms with Crippen molar-refractivity contribution < 1.29 is 4.79 Å². The van der Waals surface area contributed by atoms with Crippen LogP contribution < -0.4 is 10.6 Å². The molecule has 0 aliphatic carbocycles. The fourth-order valence-electron chi connectivity index (χ4n) is 2.59. The van der Waals surface area contributed by atoms with Gasteiger partial charge in [0.15, 0.2) is 0 Å². The third kappa shape index (κ3) is 4.18. The van der Waals surface area contributed by atoms with E-state index >= 15 is 0 Å². The number of nitrogens with one attached hydrogen (secondary N) is 2. The Morgan fingerprint density at radius 1 is 1.24 bits per heavy atom. The Labute approximate surface area is 152 Å². The zero-order valence-electron chi connectivity index (χ0n) is 14.3. The Balaban J connectivity index is 1.81. The number of para-hydroxylation sites is 1. The lowest BCUT2D eigenvalue weighted by Gasteiger charge is -2.09. The standard InChI is InChI=1S/C19H21ClN4O/c1-13(2)21-10-9-14-7-8-18-22-11-17(24(18)12-14)19(25)23-16-6-4-3-5-15(16)20/h3-8,11-13,21H,9-10H2,1-2H3,(H,23,25). The average Bonchev–Trinajstić information content (AvgIpc) is 3.00. The van der Waals surface area contributed by atoms with Crippen molar-refractivity contribution in [3.63, 3.8) is 0 Å². The third-order valence-corrected chi connectivity index (χ3v) is 4.22.